The summed E-state index contributed by atoms with van der Waals surface area (Å²) in [6.07, 6.45) is 8.39. The van der Waals surface area contributed by atoms with Crippen LogP contribution in [0, 0.1) is 12.3 Å². The molecule has 0 saturated heterocycles. The maximum atomic E-state index is 12.1. The Kier molecular flexibility index (Phi) is 5.35. The van der Waals surface area contributed by atoms with Gasteiger partial charge >= 0.3 is 12.0 Å². The third kappa shape index (κ3) is 4.68. The number of carboxylic acid groups (broad SMARTS) is 1. The molecule has 2 amide bonds. The van der Waals surface area contributed by atoms with Crippen LogP contribution in [-0.2, 0) is 11.3 Å². The molecular weight excluding hydrogens is 246 g/mol. The highest BCUT2D eigenvalue weighted by atomic mass is 16.4. The molecule has 0 radical (unpaired) electrons. The average Bonchev–Trinajstić information content (AvgIpc) is 2.38. The topological polar surface area (TPSA) is 73.7 Å². The van der Waals surface area contributed by atoms with E-state index >= 15 is 0 Å². The third-order valence-corrected chi connectivity index (χ3v) is 2.37. The number of urea groups is 1. The summed E-state index contributed by atoms with van der Waals surface area (Å²) in [6, 6.07) is 3.15. The van der Waals surface area contributed by atoms with Gasteiger partial charge in [0.15, 0.2) is 0 Å². The van der Waals surface area contributed by atoms with Gasteiger partial charge in [-0.1, -0.05) is 5.92 Å². The highest BCUT2D eigenvalue weighted by Crippen LogP contribution is 2.04. The van der Waals surface area contributed by atoms with Crippen molar-refractivity contribution in [2.45, 2.75) is 6.54 Å². The van der Waals surface area contributed by atoms with E-state index in [2.05, 4.69) is 10.9 Å². The fourth-order valence-electron chi connectivity index (χ4n) is 1.54. The highest BCUT2D eigenvalue weighted by molar-refractivity contribution is 5.80. The van der Waals surface area contributed by atoms with Gasteiger partial charge in [-0.15, -0.1) is 6.42 Å². The number of nitrogens with zero attached hydrogens (tertiary/aromatic N) is 3. The van der Waals surface area contributed by atoms with E-state index in [1.807, 2.05) is 0 Å². The van der Waals surface area contributed by atoms with Crippen LogP contribution in [0.15, 0.2) is 24.5 Å². The molecule has 0 aliphatic rings. The quantitative estimate of drug-likeness (QED) is 0.790. The summed E-state index contributed by atoms with van der Waals surface area (Å²) in [4.78, 5) is 29.1. The first-order chi connectivity index (χ1) is 9.04. The Morgan fingerprint density at radius 1 is 1.42 bits per heavy atom. The van der Waals surface area contributed by atoms with Crippen molar-refractivity contribution >= 4 is 12.0 Å². The summed E-state index contributed by atoms with van der Waals surface area (Å²) in [5.41, 5.74) is 0.904. The molecule has 1 N–H and O–H groups in total. The van der Waals surface area contributed by atoms with E-state index < -0.39 is 18.5 Å². The fraction of sp³-hybridized carbons (Fsp3) is 0.308. The normalized spacial score (nSPS) is 9.47. The van der Waals surface area contributed by atoms with Gasteiger partial charge in [-0.25, -0.2) is 4.79 Å². The standard InChI is InChI=1S/C13H15N3O3/c1-3-8-16(10-12(17)18)13(19)15(2)9-11-4-6-14-7-5-11/h1,4-7H,8-10H2,2H3,(H,17,18). The lowest BCUT2D eigenvalue weighted by Gasteiger charge is -2.25. The molecule has 1 heterocycles. The zero-order valence-corrected chi connectivity index (χ0v) is 10.6. The number of hydrogen-bond acceptors (Lipinski definition) is 3. The Hall–Kier alpha value is -2.55. The lowest BCUT2D eigenvalue weighted by molar-refractivity contribution is -0.137. The Morgan fingerprint density at radius 3 is 2.58 bits per heavy atom. The molecule has 0 aromatic carbocycles. The molecule has 6 nitrogen and oxygen atoms in total. The van der Waals surface area contributed by atoms with Gasteiger partial charge < -0.3 is 14.9 Å². The third-order valence-electron chi connectivity index (χ3n) is 2.37. The second-order valence-corrected chi connectivity index (χ2v) is 3.95. The average molecular weight is 261 g/mol. The van der Waals surface area contributed by atoms with Crippen LogP contribution in [0.1, 0.15) is 5.56 Å². The molecule has 0 spiro atoms. The molecule has 0 aliphatic carbocycles. The maximum absolute atomic E-state index is 12.1. The summed E-state index contributed by atoms with van der Waals surface area (Å²) < 4.78 is 0. The molecule has 0 bridgehead atoms. The molecule has 0 atom stereocenters. The van der Waals surface area contributed by atoms with Crippen LogP contribution < -0.4 is 0 Å². The zero-order valence-electron chi connectivity index (χ0n) is 10.6. The van der Waals surface area contributed by atoms with Crippen molar-refractivity contribution in [1.29, 1.82) is 0 Å². The summed E-state index contributed by atoms with van der Waals surface area (Å²) in [5, 5.41) is 8.74. The van der Waals surface area contributed by atoms with E-state index in [9.17, 15) is 9.59 Å². The Bertz CT molecular complexity index is 482. The minimum atomic E-state index is -1.10. The van der Waals surface area contributed by atoms with Crippen LogP contribution in [0.3, 0.4) is 0 Å². The summed E-state index contributed by atoms with van der Waals surface area (Å²) in [6.45, 7) is -0.0857. The number of hydrogen-bond donors (Lipinski definition) is 1. The van der Waals surface area contributed by atoms with Crippen molar-refractivity contribution in [3.05, 3.63) is 30.1 Å². The molecule has 1 rings (SSSR count). The number of carbonyl (C=O) groups excluding carboxylic acids is 1. The SMILES string of the molecule is C#CCN(CC(=O)O)C(=O)N(C)Cc1ccncc1. The van der Waals surface area contributed by atoms with Gasteiger partial charge in [-0.05, 0) is 17.7 Å². The minimum Gasteiger partial charge on any atom is -0.480 e. The second kappa shape index (κ2) is 7.01. The first-order valence-corrected chi connectivity index (χ1v) is 5.58. The van der Waals surface area contributed by atoms with Crippen LogP contribution in [-0.4, -0.2) is 52.0 Å². The van der Waals surface area contributed by atoms with Crippen LogP contribution in [0.5, 0.6) is 0 Å². The van der Waals surface area contributed by atoms with Crippen molar-refractivity contribution in [2.24, 2.45) is 0 Å². The lowest BCUT2D eigenvalue weighted by atomic mass is 10.2. The zero-order chi connectivity index (χ0) is 14.3. The van der Waals surface area contributed by atoms with Gasteiger partial charge in [0, 0.05) is 26.0 Å². The van der Waals surface area contributed by atoms with Crippen LogP contribution in [0.2, 0.25) is 0 Å². The second-order valence-electron chi connectivity index (χ2n) is 3.95. The molecular formula is C13H15N3O3. The predicted molar refractivity (Wildman–Crippen MR) is 69.1 cm³/mol. The molecule has 0 unspecified atom stereocenters. The number of aromatic nitrogens is 1. The van der Waals surface area contributed by atoms with E-state index in [1.54, 1.807) is 31.6 Å². The summed E-state index contributed by atoms with van der Waals surface area (Å²) in [5.74, 6) is 1.18. The smallest absolute Gasteiger partial charge is 0.323 e. The molecule has 100 valence electrons. The van der Waals surface area contributed by atoms with Gasteiger partial charge in [0.05, 0.1) is 6.54 Å². The molecule has 0 aliphatic heterocycles. The Morgan fingerprint density at radius 2 is 2.05 bits per heavy atom. The van der Waals surface area contributed by atoms with E-state index in [0.717, 1.165) is 10.5 Å². The highest BCUT2D eigenvalue weighted by Gasteiger charge is 2.19. The molecule has 0 fully saturated rings. The van der Waals surface area contributed by atoms with Crippen LogP contribution in [0.25, 0.3) is 0 Å². The van der Waals surface area contributed by atoms with Crippen LogP contribution >= 0.6 is 0 Å². The minimum absolute atomic E-state index is 0.0359. The number of carbonyl (C=O) groups is 2. The van der Waals surface area contributed by atoms with E-state index in [1.165, 1.54) is 4.90 Å². The molecule has 0 saturated carbocycles. The van der Waals surface area contributed by atoms with Gasteiger partial charge in [0.2, 0.25) is 0 Å². The lowest BCUT2D eigenvalue weighted by Crippen LogP contribution is -2.43. The number of terminal acetylenes is 1. The first-order valence-electron chi connectivity index (χ1n) is 5.58. The number of aliphatic carboxylic acids is 1. The van der Waals surface area contributed by atoms with Crippen molar-refractivity contribution < 1.29 is 14.7 Å². The molecule has 1 aromatic heterocycles. The molecule has 1 aromatic rings. The van der Waals surface area contributed by atoms with Gasteiger partial charge in [0.25, 0.3) is 0 Å². The van der Waals surface area contributed by atoms with E-state index in [0.29, 0.717) is 6.54 Å². The number of rotatable bonds is 5. The van der Waals surface area contributed by atoms with E-state index in [-0.39, 0.29) is 6.54 Å². The first kappa shape index (κ1) is 14.5. The predicted octanol–water partition coefficient (Wildman–Crippen LogP) is 0.653. The maximum Gasteiger partial charge on any atom is 0.323 e. The summed E-state index contributed by atoms with van der Waals surface area (Å²) >= 11 is 0. The van der Waals surface area contributed by atoms with Gasteiger partial charge in [-0.2, -0.15) is 0 Å². The van der Waals surface area contributed by atoms with Crippen LogP contribution in [0.4, 0.5) is 4.79 Å². The number of amides is 2. The van der Waals surface area contributed by atoms with E-state index in [4.69, 9.17) is 11.5 Å². The molecule has 19 heavy (non-hydrogen) atoms. The Balaban J connectivity index is 2.68. The van der Waals surface area contributed by atoms with Gasteiger partial charge in [0.1, 0.15) is 6.54 Å². The summed E-state index contributed by atoms with van der Waals surface area (Å²) in [7, 11) is 1.59. The molecule has 6 heteroatoms. The van der Waals surface area contributed by atoms with Crippen molar-refractivity contribution in [3.63, 3.8) is 0 Å². The van der Waals surface area contributed by atoms with Crippen molar-refractivity contribution in [3.8, 4) is 12.3 Å². The monoisotopic (exact) mass is 261 g/mol. The largest absolute Gasteiger partial charge is 0.480 e. The van der Waals surface area contributed by atoms with Crippen molar-refractivity contribution in [2.75, 3.05) is 20.1 Å². The number of pyridine rings is 1. The van der Waals surface area contributed by atoms with Crippen molar-refractivity contribution in [1.82, 2.24) is 14.8 Å². The van der Waals surface area contributed by atoms with Gasteiger partial charge in [-0.3, -0.25) is 9.78 Å². The number of carboxylic acids is 1. The fourth-order valence-corrected chi connectivity index (χ4v) is 1.54. The Labute approximate surface area is 111 Å².